The van der Waals surface area contributed by atoms with E-state index < -0.39 is 16.6 Å². The second-order valence-electron chi connectivity index (χ2n) is 4.36. The fraction of sp³-hybridized carbons (Fsp3) is 0.143. The van der Waals surface area contributed by atoms with Crippen molar-refractivity contribution in [1.29, 1.82) is 0 Å². The number of nitrogens with zero attached hydrogens (tertiary/aromatic N) is 1. The van der Waals surface area contributed by atoms with E-state index >= 15 is 0 Å². The average molecular weight is 278 g/mol. The van der Waals surface area contributed by atoms with Gasteiger partial charge < -0.3 is 5.32 Å². The lowest BCUT2D eigenvalue weighted by Gasteiger charge is -2.09. The Morgan fingerprint density at radius 1 is 1.15 bits per heavy atom. The number of halogens is 2. The van der Waals surface area contributed by atoms with Gasteiger partial charge in [-0.05, 0) is 36.2 Å². The van der Waals surface area contributed by atoms with Crippen molar-refractivity contribution in [2.75, 3.05) is 5.32 Å². The summed E-state index contributed by atoms with van der Waals surface area (Å²) in [5, 5.41) is 13.7. The number of benzene rings is 2. The highest BCUT2D eigenvalue weighted by molar-refractivity contribution is 5.55. The lowest BCUT2D eigenvalue weighted by molar-refractivity contribution is -0.384. The molecule has 2 aromatic rings. The SMILES string of the molecule is Cc1cc([N+](=O)[O-])ccc1NCc1ccc(F)c(F)c1. The predicted molar refractivity (Wildman–Crippen MR) is 71.5 cm³/mol. The standard InChI is InChI=1S/C14H12F2N2O2/c1-9-6-11(18(19)20)3-5-14(9)17-8-10-2-4-12(15)13(16)7-10/h2-7,17H,8H2,1H3. The van der Waals surface area contributed by atoms with Crippen molar-refractivity contribution < 1.29 is 13.7 Å². The van der Waals surface area contributed by atoms with Gasteiger partial charge in [-0.2, -0.15) is 0 Å². The first-order valence-corrected chi connectivity index (χ1v) is 5.90. The minimum Gasteiger partial charge on any atom is -0.381 e. The summed E-state index contributed by atoms with van der Waals surface area (Å²) in [6, 6.07) is 8.09. The van der Waals surface area contributed by atoms with Gasteiger partial charge in [-0.3, -0.25) is 10.1 Å². The van der Waals surface area contributed by atoms with Crippen LogP contribution in [0.1, 0.15) is 11.1 Å². The lowest BCUT2D eigenvalue weighted by Crippen LogP contribution is -2.02. The third-order valence-corrected chi connectivity index (χ3v) is 2.89. The van der Waals surface area contributed by atoms with Crippen LogP contribution in [0.25, 0.3) is 0 Å². The van der Waals surface area contributed by atoms with Gasteiger partial charge in [-0.15, -0.1) is 0 Å². The number of hydrogen-bond acceptors (Lipinski definition) is 3. The van der Waals surface area contributed by atoms with Crippen LogP contribution in [-0.4, -0.2) is 4.92 Å². The summed E-state index contributed by atoms with van der Waals surface area (Å²) in [4.78, 5) is 10.2. The quantitative estimate of drug-likeness (QED) is 0.683. The highest BCUT2D eigenvalue weighted by Gasteiger charge is 2.08. The van der Waals surface area contributed by atoms with Gasteiger partial charge in [0.05, 0.1) is 4.92 Å². The van der Waals surface area contributed by atoms with E-state index in [1.54, 1.807) is 13.0 Å². The lowest BCUT2D eigenvalue weighted by atomic mass is 10.1. The van der Waals surface area contributed by atoms with Crippen molar-refractivity contribution in [3.05, 3.63) is 69.3 Å². The van der Waals surface area contributed by atoms with Gasteiger partial charge >= 0.3 is 0 Å². The first-order valence-electron chi connectivity index (χ1n) is 5.90. The second kappa shape index (κ2) is 5.64. The maximum Gasteiger partial charge on any atom is 0.269 e. The Hall–Kier alpha value is -2.50. The molecule has 2 aromatic carbocycles. The topological polar surface area (TPSA) is 55.2 Å². The van der Waals surface area contributed by atoms with Gasteiger partial charge in [0.1, 0.15) is 0 Å². The molecule has 104 valence electrons. The van der Waals surface area contributed by atoms with Crippen molar-refractivity contribution in [3.63, 3.8) is 0 Å². The second-order valence-corrected chi connectivity index (χ2v) is 4.36. The fourth-order valence-corrected chi connectivity index (χ4v) is 1.81. The van der Waals surface area contributed by atoms with Crippen LogP contribution in [0.4, 0.5) is 20.2 Å². The number of aryl methyl sites for hydroxylation is 1. The molecular formula is C14H12F2N2O2. The zero-order chi connectivity index (χ0) is 14.7. The molecule has 0 fully saturated rings. The number of nitro benzene ring substituents is 1. The molecule has 0 radical (unpaired) electrons. The first kappa shape index (κ1) is 13.9. The third kappa shape index (κ3) is 3.09. The van der Waals surface area contributed by atoms with Crippen LogP contribution in [-0.2, 0) is 6.54 Å². The van der Waals surface area contributed by atoms with Crippen LogP contribution in [0.5, 0.6) is 0 Å². The summed E-state index contributed by atoms with van der Waals surface area (Å²) >= 11 is 0. The first-order chi connectivity index (χ1) is 9.47. The molecule has 0 bridgehead atoms. The molecule has 0 aliphatic heterocycles. The molecule has 0 atom stereocenters. The molecule has 0 aliphatic rings. The number of hydrogen-bond donors (Lipinski definition) is 1. The molecule has 4 nitrogen and oxygen atoms in total. The molecule has 0 amide bonds. The maximum absolute atomic E-state index is 13.0. The maximum atomic E-state index is 13.0. The summed E-state index contributed by atoms with van der Waals surface area (Å²) in [6.07, 6.45) is 0. The number of nitro groups is 1. The largest absolute Gasteiger partial charge is 0.381 e. The van der Waals surface area contributed by atoms with E-state index in [9.17, 15) is 18.9 Å². The van der Waals surface area contributed by atoms with E-state index in [0.29, 0.717) is 23.4 Å². The molecule has 0 aliphatic carbocycles. The Bertz CT molecular complexity index is 660. The van der Waals surface area contributed by atoms with Crippen LogP contribution in [0.3, 0.4) is 0 Å². The summed E-state index contributed by atoms with van der Waals surface area (Å²) < 4.78 is 25.8. The third-order valence-electron chi connectivity index (χ3n) is 2.89. The normalized spacial score (nSPS) is 10.3. The Balaban J connectivity index is 2.10. The Labute approximate surface area is 114 Å². The van der Waals surface area contributed by atoms with Crippen LogP contribution < -0.4 is 5.32 Å². The molecule has 20 heavy (non-hydrogen) atoms. The minimum absolute atomic E-state index is 0.0147. The van der Waals surface area contributed by atoms with Crippen molar-refractivity contribution in [1.82, 2.24) is 0 Å². The van der Waals surface area contributed by atoms with Crippen molar-refractivity contribution >= 4 is 11.4 Å². The fourth-order valence-electron chi connectivity index (χ4n) is 1.81. The van der Waals surface area contributed by atoms with E-state index in [1.165, 1.54) is 18.2 Å². The Morgan fingerprint density at radius 3 is 2.50 bits per heavy atom. The van der Waals surface area contributed by atoms with Crippen LogP contribution in [0.2, 0.25) is 0 Å². The average Bonchev–Trinajstić information content (AvgIpc) is 2.41. The Morgan fingerprint density at radius 2 is 1.90 bits per heavy atom. The Kier molecular flexibility index (Phi) is 3.93. The molecule has 2 rings (SSSR count). The van der Waals surface area contributed by atoms with Crippen LogP contribution >= 0.6 is 0 Å². The summed E-state index contributed by atoms with van der Waals surface area (Å²) in [7, 11) is 0. The van der Waals surface area contributed by atoms with Crippen molar-refractivity contribution in [2.45, 2.75) is 13.5 Å². The van der Waals surface area contributed by atoms with E-state index in [0.717, 1.165) is 12.1 Å². The van der Waals surface area contributed by atoms with Gasteiger partial charge in [0.25, 0.3) is 5.69 Å². The zero-order valence-corrected chi connectivity index (χ0v) is 10.7. The molecule has 1 N–H and O–H groups in total. The van der Waals surface area contributed by atoms with Crippen LogP contribution in [0.15, 0.2) is 36.4 Å². The van der Waals surface area contributed by atoms with Crippen molar-refractivity contribution in [2.24, 2.45) is 0 Å². The number of rotatable bonds is 4. The van der Waals surface area contributed by atoms with E-state index in [1.807, 2.05) is 0 Å². The summed E-state index contributed by atoms with van der Waals surface area (Å²) in [5.41, 5.74) is 2.02. The monoisotopic (exact) mass is 278 g/mol. The molecular weight excluding hydrogens is 266 g/mol. The van der Waals surface area contributed by atoms with Crippen LogP contribution in [0, 0.1) is 28.7 Å². The predicted octanol–water partition coefficient (Wildman–Crippen LogP) is 3.79. The van der Waals surface area contributed by atoms with E-state index in [2.05, 4.69) is 5.32 Å². The highest BCUT2D eigenvalue weighted by Crippen LogP contribution is 2.22. The molecule has 6 heteroatoms. The van der Waals surface area contributed by atoms with Gasteiger partial charge in [-0.25, -0.2) is 8.78 Å². The van der Waals surface area contributed by atoms with Gasteiger partial charge in [0.2, 0.25) is 0 Å². The molecule has 0 unspecified atom stereocenters. The molecule has 0 spiro atoms. The summed E-state index contributed by atoms with van der Waals surface area (Å²) in [6.45, 7) is 2.04. The number of anilines is 1. The number of non-ortho nitro benzene ring substituents is 1. The highest BCUT2D eigenvalue weighted by atomic mass is 19.2. The van der Waals surface area contributed by atoms with E-state index in [4.69, 9.17) is 0 Å². The molecule has 0 aromatic heterocycles. The van der Waals surface area contributed by atoms with Gasteiger partial charge in [-0.1, -0.05) is 6.07 Å². The molecule has 0 saturated carbocycles. The van der Waals surface area contributed by atoms with Gasteiger partial charge in [0, 0.05) is 24.4 Å². The van der Waals surface area contributed by atoms with Crippen molar-refractivity contribution in [3.8, 4) is 0 Å². The van der Waals surface area contributed by atoms with Gasteiger partial charge in [0.15, 0.2) is 11.6 Å². The minimum atomic E-state index is -0.898. The van der Waals surface area contributed by atoms with E-state index in [-0.39, 0.29) is 5.69 Å². The molecule has 0 heterocycles. The summed E-state index contributed by atoms with van der Waals surface area (Å²) in [5.74, 6) is -1.79. The molecule has 0 saturated heterocycles. The zero-order valence-electron chi connectivity index (χ0n) is 10.7. The number of nitrogens with one attached hydrogen (secondary N) is 1. The smallest absolute Gasteiger partial charge is 0.269 e.